The lowest BCUT2D eigenvalue weighted by atomic mass is 9.80. The smallest absolute Gasteiger partial charge is 0.245 e. The highest BCUT2D eigenvalue weighted by Gasteiger charge is 2.51. The number of halogens is 1. The third-order valence-electron chi connectivity index (χ3n) is 5.20. The van der Waals surface area contributed by atoms with Gasteiger partial charge in [-0.3, -0.25) is 0 Å². The van der Waals surface area contributed by atoms with Gasteiger partial charge in [0.2, 0.25) is 10.0 Å². The summed E-state index contributed by atoms with van der Waals surface area (Å²) in [6.45, 7) is 2.26. The van der Waals surface area contributed by atoms with Gasteiger partial charge in [0.25, 0.3) is 0 Å². The summed E-state index contributed by atoms with van der Waals surface area (Å²) in [5, 5.41) is 0. The summed E-state index contributed by atoms with van der Waals surface area (Å²) in [5.41, 5.74) is 0.690. The zero-order chi connectivity index (χ0) is 14.7. The van der Waals surface area contributed by atoms with E-state index in [1.165, 1.54) is 6.42 Å². The van der Waals surface area contributed by atoms with Gasteiger partial charge in [-0.1, -0.05) is 35.2 Å². The summed E-state index contributed by atoms with van der Waals surface area (Å²) in [7, 11) is -3.38. The molecular formula is C15H19BrN2O2S. The first kappa shape index (κ1) is 14.0. The second-order valence-electron chi connectivity index (χ2n) is 6.40. The Morgan fingerprint density at radius 3 is 2.62 bits per heavy atom. The number of benzene rings is 1. The van der Waals surface area contributed by atoms with Gasteiger partial charge < -0.3 is 4.90 Å². The number of nitrogens with zero attached hydrogens (tertiary/aromatic N) is 2. The number of rotatable bonds is 0. The summed E-state index contributed by atoms with van der Waals surface area (Å²) in [5.74, 6) is 0. The van der Waals surface area contributed by atoms with Crippen LogP contribution < -0.4 is 4.90 Å². The first-order valence-corrected chi connectivity index (χ1v) is 9.84. The first-order chi connectivity index (χ1) is 10.0. The maximum atomic E-state index is 13.2. The molecule has 1 aromatic carbocycles. The van der Waals surface area contributed by atoms with E-state index >= 15 is 0 Å². The number of piperazine rings is 1. The van der Waals surface area contributed by atoms with E-state index in [1.54, 1.807) is 6.07 Å². The highest BCUT2D eigenvalue weighted by molar-refractivity contribution is 9.10. The fourth-order valence-electron chi connectivity index (χ4n) is 4.23. The van der Waals surface area contributed by atoms with Crippen molar-refractivity contribution in [1.82, 2.24) is 4.31 Å². The topological polar surface area (TPSA) is 40.6 Å². The van der Waals surface area contributed by atoms with Gasteiger partial charge in [0.15, 0.2) is 0 Å². The number of sulfonamides is 1. The largest absolute Gasteiger partial charge is 0.367 e. The first-order valence-electron chi connectivity index (χ1n) is 7.60. The molecule has 0 amide bonds. The molecule has 2 bridgehead atoms. The molecule has 1 aromatic rings. The van der Waals surface area contributed by atoms with Crippen molar-refractivity contribution in [1.29, 1.82) is 0 Å². The van der Waals surface area contributed by atoms with Crippen LogP contribution in [-0.4, -0.2) is 37.9 Å². The molecule has 6 heteroatoms. The van der Waals surface area contributed by atoms with Crippen LogP contribution in [0.3, 0.4) is 0 Å². The summed E-state index contributed by atoms with van der Waals surface area (Å²) < 4.78 is 29.1. The molecule has 5 rings (SSSR count). The summed E-state index contributed by atoms with van der Waals surface area (Å²) >= 11 is 3.48. The molecule has 3 heterocycles. The van der Waals surface area contributed by atoms with Crippen LogP contribution in [0, 0.1) is 0 Å². The maximum Gasteiger partial charge on any atom is 0.245 e. The average Bonchev–Trinajstić information content (AvgIpc) is 2.60. The molecule has 0 aromatic heterocycles. The van der Waals surface area contributed by atoms with Crippen molar-refractivity contribution in [3.63, 3.8) is 0 Å². The summed E-state index contributed by atoms with van der Waals surface area (Å²) in [6, 6.07) is 5.54. The molecule has 2 fully saturated rings. The van der Waals surface area contributed by atoms with E-state index in [4.69, 9.17) is 0 Å². The Morgan fingerprint density at radius 2 is 1.86 bits per heavy atom. The van der Waals surface area contributed by atoms with Crippen molar-refractivity contribution in [3.8, 4) is 0 Å². The lowest BCUT2D eigenvalue weighted by molar-refractivity contribution is 0.118. The van der Waals surface area contributed by atoms with Crippen LogP contribution in [0.25, 0.3) is 0 Å². The molecule has 21 heavy (non-hydrogen) atoms. The van der Waals surface area contributed by atoms with Crippen molar-refractivity contribution in [2.45, 2.75) is 42.5 Å². The van der Waals surface area contributed by atoms with Gasteiger partial charge in [-0.25, -0.2) is 8.42 Å². The zero-order valence-corrected chi connectivity index (χ0v) is 14.3. The number of anilines is 1. The molecule has 1 saturated heterocycles. The molecule has 0 N–H and O–H groups in total. The van der Waals surface area contributed by atoms with Gasteiger partial charge >= 0.3 is 0 Å². The predicted molar refractivity (Wildman–Crippen MR) is 86.1 cm³/mol. The van der Waals surface area contributed by atoms with Gasteiger partial charge in [0.1, 0.15) is 4.90 Å². The van der Waals surface area contributed by atoms with E-state index in [9.17, 15) is 8.42 Å². The molecule has 4 nitrogen and oxygen atoms in total. The molecule has 1 saturated carbocycles. The number of hydrogen-bond donors (Lipinski definition) is 0. The quantitative estimate of drug-likeness (QED) is 0.704. The molecule has 1 atom stereocenters. The Bertz CT molecular complexity index is 683. The summed E-state index contributed by atoms with van der Waals surface area (Å²) in [6.07, 6.45) is 5.50. The Balaban J connectivity index is 1.92. The second-order valence-corrected chi connectivity index (χ2v) is 9.14. The van der Waals surface area contributed by atoms with Crippen LogP contribution in [0.4, 0.5) is 5.69 Å². The zero-order valence-electron chi connectivity index (χ0n) is 11.9. The van der Waals surface area contributed by atoms with E-state index in [2.05, 4.69) is 20.8 Å². The monoisotopic (exact) mass is 370 g/mol. The fraction of sp³-hybridized carbons (Fsp3) is 0.600. The Morgan fingerprint density at radius 1 is 1.10 bits per heavy atom. The maximum absolute atomic E-state index is 13.2. The van der Waals surface area contributed by atoms with Crippen molar-refractivity contribution in [2.75, 3.05) is 24.5 Å². The molecular weight excluding hydrogens is 352 g/mol. The lowest BCUT2D eigenvalue weighted by Crippen LogP contribution is -2.62. The fourth-order valence-corrected chi connectivity index (χ4v) is 6.59. The second kappa shape index (κ2) is 4.70. The molecule has 4 aliphatic rings. The minimum atomic E-state index is -3.38. The van der Waals surface area contributed by atoms with Crippen molar-refractivity contribution in [2.24, 2.45) is 0 Å². The molecule has 1 spiro atoms. The normalized spacial score (nSPS) is 29.2. The van der Waals surface area contributed by atoms with Crippen molar-refractivity contribution >= 4 is 31.6 Å². The summed E-state index contributed by atoms with van der Waals surface area (Å²) in [4.78, 5) is 2.76. The molecule has 3 aliphatic heterocycles. The van der Waals surface area contributed by atoms with Crippen molar-refractivity contribution < 1.29 is 8.42 Å². The predicted octanol–water partition coefficient (Wildman–Crippen LogP) is 2.98. The Kier molecular flexibility index (Phi) is 3.14. The number of hydrogen-bond acceptors (Lipinski definition) is 3. The lowest BCUT2D eigenvalue weighted by Gasteiger charge is -2.49. The SMILES string of the molecule is O=S1(=O)c2ccc(Br)cc2N2CCN1C1(CCCCC1)C2. The molecule has 0 radical (unpaired) electrons. The Labute approximate surface area is 134 Å². The molecule has 114 valence electrons. The highest BCUT2D eigenvalue weighted by Crippen LogP contribution is 2.46. The van der Waals surface area contributed by atoms with Gasteiger partial charge in [-0.05, 0) is 31.0 Å². The van der Waals surface area contributed by atoms with Crippen LogP contribution in [-0.2, 0) is 10.0 Å². The Hall–Kier alpha value is -0.590. The van der Waals surface area contributed by atoms with Gasteiger partial charge in [0.05, 0.1) is 11.2 Å². The van der Waals surface area contributed by atoms with Crippen LogP contribution >= 0.6 is 15.9 Å². The minimum absolute atomic E-state index is 0.180. The molecule has 1 unspecified atom stereocenters. The van der Waals surface area contributed by atoms with Gasteiger partial charge in [0, 0.05) is 24.1 Å². The van der Waals surface area contributed by atoms with Gasteiger partial charge in [-0.2, -0.15) is 4.31 Å². The van der Waals surface area contributed by atoms with Crippen LogP contribution in [0.1, 0.15) is 32.1 Å². The highest BCUT2D eigenvalue weighted by atomic mass is 79.9. The van der Waals surface area contributed by atoms with E-state index < -0.39 is 10.0 Å². The van der Waals surface area contributed by atoms with E-state index in [-0.39, 0.29) is 5.54 Å². The number of fused-ring (bicyclic) bond motifs is 1. The average molecular weight is 371 g/mol. The third kappa shape index (κ3) is 1.99. The van der Waals surface area contributed by atoms with Crippen LogP contribution in [0.5, 0.6) is 0 Å². The standard InChI is InChI=1S/C15H19BrN2O2S/c16-12-4-5-14-13(10-12)17-8-9-18(21(14,19)20)15(11-17)6-2-1-3-7-15/h4-5,10H,1-3,6-9,11H2. The van der Waals surface area contributed by atoms with Crippen LogP contribution in [0.15, 0.2) is 27.6 Å². The van der Waals surface area contributed by atoms with Crippen molar-refractivity contribution in [3.05, 3.63) is 22.7 Å². The molecule has 1 aliphatic carbocycles. The van der Waals surface area contributed by atoms with Gasteiger partial charge in [-0.15, -0.1) is 0 Å². The van der Waals surface area contributed by atoms with Crippen LogP contribution in [0.2, 0.25) is 0 Å². The van der Waals surface area contributed by atoms with E-state index in [1.807, 2.05) is 16.4 Å². The van der Waals surface area contributed by atoms with E-state index in [0.717, 1.165) is 48.9 Å². The van der Waals surface area contributed by atoms with E-state index in [0.29, 0.717) is 11.4 Å². The third-order valence-corrected chi connectivity index (χ3v) is 7.75. The minimum Gasteiger partial charge on any atom is -0.367 e.